The van der Waals surface area contributed by atoms with E-state index in [4.69, 9.17) is 33.7 Å². The van der Waals surface area contributed by atoms with Gasteiger partial charge in [-0.2, -0.15) is 18.3 Å². The van der Waals surface area contributed by atoms with E-state index in [2.05, 4.69) is 15.4 Å². The Hall–Kier alpha value is -3.35. The standard InChI is InChI=1S/C21H14Cl2F3N5O3S/c1-9-7-13(21(24,25)26)28-20-14(9)16(17(35-20)18(27)32)29-19(33)11-5-6-31(30-11)8-34-12-4-2-3-10(22)15(12)23/h2-7H,8H2,1H3,(H2,27,32)(H,29,33). The van der Waals surface area contributed by atoms with Gasteiger partial charge in [-0.25, -0.2) is 9.67 Å². The monoisotopic (exact) mass is 543 g/mol. The number of hydrogen-bond acceptors (Lipinski definition) is 6. The molecule has 14 heteroatoms. The Morgan fingerprint density at radius 2 is 2.00 bits per heavy atom. The van der Waals surface area contributed by atoms with Gasteiger partial charge in [0.25, 0.3) is 11.8 Å². The normalized spacial score (nSPS) is 11.6. The number of nitrogens with two attached hydrogens (primary N) is 1. The van der Waals surface area contributed by atoms with E-state index in [0.29, 0.717) is 22.1 Å². The Kier molecular flexibility index (Phi) is 6.62. The van der Waals surface area contributed by atoms with Gasteiger partial charge in [-0.15, -0.1) is 11.3 Å². The largest absolute Gasteiger partial charge is 0.470 e. The first kappa shape index (κ1) is 24.8. The van der Waals surface area contributed by atoms with E-state index in [-0.39, 0.29) is 43.8 Å². The Labute approximate surface area is 209 Å². The molecule has 0 unspecified atom stereocenters. The number of alkyl halides is 3. The summed E-state index contributed by atoms with van der Waals surface area (Å²) in [5.74, 6) is -1.32. The lowest BCUT2D eigenvalue weighted by atomic mass is 10.1. The molecule has 3 heterocycles. The second-order valence-electron chi connectivity index (χ2n) is 7.19. The fraction of sp³-hybridized carbons (Fsp3) is 0.143. The minimum atomic E-state index is -4.68. The minimum Gasteiger partial charge on any atom is -0.470 e. The molecule has 8 nitrogen and oxygen atoms in total. The summed E-state index contributed by atoms with van der Waals surface area (Å²) >= 11 is 12.7. The van der Waals surface area contributed by atoms with Crippen molar-refractivity contribution in [2.45, 2.75) is 19.8 Å². The maximum absolute atomic E-state index is 13.2. The first-order chi connectivity index (χ1) is 16.5. The Morgan fingerprint density at radius 3 is 2.69 bits per heavy atom. The van der Waals surface area contributed by atoms with Crippen LogP contribution in [-0.4, -0.2) is 26.6 Å². The summed E-state index contributed by atoms with van der Waals surface area (Å²) in [6.45, 7) is 1.32. The number of nitrogens with zero attached hydrogens (tertiary/aromatic N) is 3. The van der Waals surface area contributed by atoms with E-state index in [1.165, 1.54) is 23.9 Å². The van der Waals surface area contributed by atoms with Crippen LogP contribution in [0.15, 0.2) is 36.5 Å². The van der Waals surface area contributed by atoms with Crippen molar-refractivity contribution in [3.05, 3.63) is 68.4 Å². The summed E-state index contributed by atoms with van der Waals surface area (Å²) in [6.07, 6.45) is -3.21. The molecular formula is C21H14Cl2F3N5O3S. The number of rotatable bonds is 6. The van der Waals surface area contributed by atoms with Crippen molar-refractivity contribution in [1.29, 1.82) is 0 Å². The zero-order valence-electron chi connectivity index (χ0n) is 17.6. The number of thiophene rings is 1. The molecule has 0 radical (unpaired) electrons. The molecular weight excluding hydrogens is 530 g/mol. The fourth-order valence-corrected chi connectivity index (χ4v) is 4.59. The first-order valence-corrected chi connectivity index (χ1v) is 11.3. The molecule has 182 valence electrons. The summed E-state index contributed by atoms with van der Waals surface area (Å²) in [7, 11) is 0. The smallest absolute Gasteiger partial charge is 0.433 e. The fourth-order valence-electron chi connectivity index (χ4n) is 3.18. The Balaban J connectivity index is 1.59. The van der Waals surface area contributed by atoms with Crippen molar-refractivity contribution in [2.75, 3.05) is 5.32 Å². The predicted molar refractivity (Wildman–Crippen MR) is 125 cm³/mol. The number of nitrogens with one attached hydrogen (secondary N) is 1. The molecule has 0 fully saturated rings. The van der Waals surface area contributed by atoms with Gasteiger partial charge in [-0.1, -0.05) is 29.3 Å². The van der Waals surface area contributed by atoms with Crippen molar-refractivity contribution >= 4 is 62.3 Å². The van der Waals surface area contributed by atoms with Crippen LogP contribution in [0.3, 0.4) is 0 Å². The molecule has 3 aromatic heterocycles. The molecule has 0 saturated carbocycles. The van der Waals surface area contributed by atoms with E-state index in [1.54, 1.807) is 18.2 Å². The van der Waals surface area contributed by atoms with Crippen LogP contribution in [-0.2, 0) is 12.9 Å². The lowest BCUT2D eigenvalue weighted by Crippen LogP contribution is -2.18. The number of anilines is 1. The second-order valence-corrected chi connectivity index (χ2v) is 8.98. The Morgan fingerprint density at radius 1 is 1.26 bits per heavy atom. The summed E-state index contributed by atoms with van der Waals surface area (Å²) in [5.41, 5.74) is 4.38. The number of carbonyl (C=O) groups is 2. The summed E-state index contributed by atoms with van der Waals surface area (Å²) < 4.78 is 46.3. The summed E-state index contributed by atoms with van der Waals surface area (Å²) in [4.78, 5) is 28.2. The number of aryl methyl sites for hydroxylation is 1. The molecule has 3 N–H and O–H groups in total. The summed E-state index contributed by atoms with van der Waals surface area (Å²) in [5, 5.41) is 7.35. The highest BCUT2D eigenvalue weighted by atomic mass is 35.5. The van der Waals surface area contributed by atoms with Crippen LogP contribution in [0.25, 0.3) is 10.2 Å². The van der Waals surface area contributed by atoms with Crippen LogP contribution in [0.4, 0.5) is 18.9 Å². The number of benzene rings is 1. The van der Waals surface area contributed by atoms with Gasteiger partial charge >= 0.3 is 6.18 Å². The number of carbonyl (C=O) groups excluding carboxylic acids is 2. The summed E-state index contributed by atoms with van der Waals surface area (Å²) in [6, 6.07) is 7.09. The molecule has 0 aliphatic heterocycles. The third-order valence-corrected chi connectivity index (χ3v) is 6.65. The number of ether oxygens (including phenoxy) is 1. The molecule has 0 atom stereocenters. The van der Waals surface area contributed by atoms with Gasteiger partial charge in [0.2, 0.25) is 0 Å². The quantitative estimate of drug-likeness (QED) is 0.332. The number of amides is 2. The van der Waals surface area contributed by atoms with Crippen molar-refractivity contribution in [3.63, 3.8) is 0 Å². The molecule has 1 aromatic carbocycles. The molecule has 35 heavy (non-hydrogen) atoms. The molecule has 4 rings (SSSR count). The minimum absolute atomic E-state index is 0.0299. The zero-order valence-corrected chi connectivity index (χ0v) is 19.9. The van der Waals surface area contributed by atoms with Gasteiger partial charge < -0.3 is 15.8 Å². The van der Waals surface area contributed by atoms with Crippen molar-refractivity contribution in [2.24, 2.45) is 5.73 Å². The van der Waals surface area contributed by atoms with Gasteiger partial charge in [0.15, 0.2) is 12.4 Å². The predicted octanol–water partition coefficient (Wildman–Crippen LogP) is 5.51. The number of aromatic nitrogens is 3. The second kappa shape index (κ2) is 9.36. The van der Waals surface area contributed by atoms with Gasteiger partial charge in [-0.05, 0) is 36.8 Å². The van der Waals surface area contributed by atoms with Crippen LogP contribution in [0.5, 0.6) is 5.75 Å². The van der Waals surface area contributed by atoms with E-state index < -0.39 is 23.7 Å². The van der Waals surface area contributed by atoms with E-state index in [1.807, 2.05) is 0 Å². The number of hydrogen-bond donors (Lipinski definition) is 2. The van der Waals surface area contributed by atoms with Gasteiger partial charge in [0.05, 0.1) is 10.7 Å². The van der Waals surface area contributed by atoms with Crippen molar-refractivity contribution in [1.82, 2.24) is 14.8 Å². The lowest BCUT2D eigenvalue weighted by Gasteiger charge is -2.09. The molecule has 0 bridgehead atoms. The number of primary amides is 1. The SMILES string of the molecule is Cc1cc(C(F)(F)F)nc2sc(C(N)=O)c(NC(=O)c3ccn(COc4cccc(Cl)c4Cl)n3)c12. The number of fused-ring (bicyclic) bond motifs is 1. The number of pyridine rings is 1. The van der Waals surface area contributed by atoms with Crippen LogP contribution < -0.4 is 15.8 Å². The zero-order chi connectivity index (χ0) is 25.5. The molecule has 0 aliphatic rings. The van der Waals surface area contributed by atoms with Crippen LogP contribution in [0, 0.1) is 6.92 Å². The highest BCUT2D eigenvalue weighted by Crippen LogP contribution is 2.40. The highest BCUT2D eigenvalue weighted by molar-refractivity contribution is 7.21. The average Bonchev–Trinajstić information content (AvgIpc) is 3.39. The van der Waals surface area contributed by atoms with E-state index in [9.17, 15) is 22.8 Å². The number of halogens is 5. The van der Waals surface area contributed by atoms with Gasteiger partial charge in [0, 0.05) is 11.6 Å². The Bertz CT molecular complexity index is 1470. The average molecular weight is 544 g/mol. The molecule has 0 aliphatic carbocycles. The lowest BCUT2D eigenvalue weighted by molar-refractivity contribution is -0.141. The topological polar surface area (TPSA) is 112 Å². The third kappa shape index (κ3) is 5.04. The van der Waals surface area contributed by atoms with Crippen LogP contribution in [0.1, 0.15) is 31.4 Å². The van der Waals surface area contributed by atoms with Crippen molar-refractivity contribution in [3.8, 4) is 5.75 Å². The molecule has 0 saturated heterocycles. The maximum atomic E-state index is 13.2. The maximum Gasteiger partial charge on any atom is 0.433 e. The van der Waals surface area contributed by atoms with Crippen LogP contribution >= 0.6 is 34.5 Å². The van der Waals surface area contributed by atoms with Gasteiger partial charge in [-0.3, -0.25) is 9.59 Å². The van der Waals surface area contributed by atoms with Crippen molar-refractivity contribution < 1.29 is 27.5 Å². The van der Waals surface area contributed by atoms with Crippen LogP contribution in [0.2, 0.25) is 10.0 Å². The highest BCUT2D eigenvalue weighted by Gasteiger charge is 2.34. The van der Waals surface area contributed by atoms with Gasteiger partial charge in [0.1, 0.15) is 26.2 Å². The third-order valence-electron chi connectivity index (χ3n) is 4.75. The molecule has 4 aromatic rings. The van der Waals surface area contributed by atoms with E-state index in [0.717, 1.165) is 6.07 Å². The molecule has 0 spiro atoms. The van der Waals surface area contributed by atoms with E-state index >= 15 is 0 Å². The molecule has 2 amide bonds. The first-order valence-electron chi connectivity index (χ1n) is 9.68.